The average molecular weight is 225 g/mol. The molecule has 1 N–H and O–H groups in total. The van der Waals surface area contributed by atoms with Crippen molar-refractivity contribution in [2.45, 2.75) is 46.3 Å². The molecule has 94 valence electrons. The smallest absolute Gasteiger partial charge is 0.111 e. The highest BCUT2D eigenvalue weighted by molar-refractivity contribution is 4.85. The molecule has 0 bridgehead atoms. The standard InChI is InChI=1S/C14H27NO/c1-5-8-10-12-13(11-9-6-2)14(15-4)16-7-3/h5-6,8-9,13-15H,7,10-12H2,1-4H3/b8-5+,9-6+. The molecule has 2 heteroatoms. The van der Waals surface area contributed by atoms with Crippen LogP contribution in [0.3, 0.4) is 0 Å². The molecule has 0 fully saturated rings. The maximum atomic E-state index is 5.71. The van der Waals surface area contributed by atoms with Crippen molar-refractivity contribution >= 4 is 0 Å². The molecule has 0 aliphatic carbocycles. The number of nitrogens with one attached hydrogen (secondary N) is 1. The summed E-state index contributed by atoms with van der Waals surface area (Å²) in [6, 6.07) is 0. The van der Waals surface area contributed by atoms with Gasteiger partial charge in [0.05, 0.1) is 0 Å². The molecule has 2 atom stereocenters. The third-order valence-corrected chi connectivity index (χ3v) is 2.67. The van der Waals surface area contributed by atoms with Crippen LogP contribution >= 0.6 is 0 Å². The normalized spacial score (nSPS) is 16.0. The Morgan fingerprint density at radius 2 is 1.88 bits per heavy atom. The van der Waals surface area contributed by atoms with E-state index in [0.29, 0.717) is 5.92 Å². The van der Waals surface area contributed by atoms with Gasteiger partial charge in [0, 0.05) is 12.5 Å². The Labute approximate surface area is 101 Å². The van der Waals surface area contributed by atoms with Crippen molar-refractivity contribution in [3.05, 3.63) is 24.3 Å². The van der Waals surface area contributed by atoms with Gasteiger partial charge in [-0.15, -0.1) is 0 Å². The predicted molar refractivity (Wildman–Crippen MR) is 71.4 cm³/mol. The zero-order valence-corrected chi connectivity index (χ0v) is 11.2. The van der Waals surface area contributed by atoms with Crippen molar-refractivity contribution in [2.75, 3.05) is 13.7 Å². The van der Waals surface area contributed by atoms with Gasteiger partial charge in [0.15, 0.2) is 0 Å². The van der Waals surface area contributed by atoms with Crippen molar-refractivity contribution in [1.29, 1.82) is 0 Å². The molecule has 0 radical (unpaired) electrons. The summed E-state index contributed by atoms with van der Waals surface area (Å²) in [5, 5.41) is 3.26. The van der Waals surface area contributed by atoms with E-state index in [2.05, 4.69) is 43.5 Å². The molecule has 0 aromatic carbocycles. The fraction of sp³-hybridized carbons (Fsp3) is 0.714. The van der Waals surface area contributed by atoms with E-state index < -0.39 is 0 Å². The second kappa shape index (κ2) is 10.9. The minimum atomic E-state index is 0.173. The summed E-state index contributed by atoms with van der Waals surface area (Å²) in [6.45, 7) is 6.95. The fourth-order valence-corrected chi connectivity index (χ4v) is 1.82. The lowest BCUT2D eigenvalue weighted by Crippen LogP contribution is -2.36. The molecule has 0 aromatic heterocycles. The van der Waals surface area contributed by atoms with Gasteiger partial charge in [-0.3, -0.25) is 5.32 Å². The van der Waals surface area contributed by atoms with Gasteiger partial charge in [-0.1, -0.05) is 24.3 Å². The van der Waals surface area contributed by atoms with Crippen LogP contribution in [0.15, 0.2) is 24.3 Å². The molecule has 0 amide bonds. The summed E-state index contributed by atoms with van der Waals surface area (Å²) in [5.74, 6) is 0.553. The first kappa shape index (κ1) is 15.4. The Bertz CT molecular complexity index is 199. The Hall–Kier alpha value is -0.600. The second-order valence-corrected chi connectivity index (χ2v) is 3.88. The zero-order chi connectivity index (χ0) is 12.2. The molecule has 0 saturated heterocycles. The quantitative estimate of drug-likeness (QED) is 0.479. The first-order chi connectivity index (χ1) is 7.79. The van der Waals surface area contributed by atoms with Crippen molar-refractivity contribution in [2.24, 2.45) is 5.92 Å². The summed E-state index contributed by atoms with van der Waals surface area (Å²) in [7, 11) is 1.97. The maximum absolute atomic E-state index is 5.71. The van der Waals surface area contributed by atoms with Crippen molar-refractivity contribution in [3.8, 4) is 0 Å². The van der Waals surface area contributed by atoms with E-state index in [1.165, 1.54) is 6.42 Å². The molecule has 0 aromatic rings. The molecule has 16 heavy (non-hydrogen) atoms. The largest absolute Gasteiger partial charge is 0.363 e. The minimum absolute atomic E-state index is 0.173. The average Bonchev–Trinajstić information content (AvgIpc) is 2.31. The summed E-state index contributed by atoms with van der Waals surface area (Å²) in [4.78, 5) is 0. The zero-order valence-electron chi connectivity index (χ0n) is 11.2. The monoisotopic (exact) mass is 225 g/mol. The van der Waals surface area contributed by atoms with E-state index in [0.717, 1.165) is 19.4 Å². The van der Waals surface area contributed by atoms with E-state index >= 15 is 0 Å². The molecule has 0 saturated carbocycles. The van der Waals surface area contributed by atoms with Crippen LogP contribution in [0.25, 0.3) is 0 Å². The second-order valence-electron chi connectivity index (χ2n) is 3.88. The lowest BCUT2D eigenvalue weighted by Gasteiger charge is -2.25. The Kier molecular flexibility index (Phi) is 10.5. The van der Waals surface area contributed by atoms with Crippen LogP contribution in [-0.4, -0.2) is 19.9 Å². The Morgan fingerprint density at radius 3 is 2.38 bits per heavy atom. The van der Waals surface area contributed by atoms with Gasteiger partial charge >= 0.3 is 0 Å². The van der Waals surface area contributed by atoms with Crippen LogP contribution in [0, 0.1) is 5.92 Å². The van der Waals surface area contributed by atoms with Gasteiger partial charge in [0.25, 0.3) is 0 Å². The summed E-state index contributed by atoms with van der Waals surface area (Å²) in [5.41, 5.74) is 0. The number of hydrogen-bond acceptors (Lipinski definition) is 2. The van der Waals surface area contributed by atoms with Crippen molar-refractivity contribution < 1.29 is 4.74 Å². The SMILES string of the molecule is C/C=C/CCC(C/C=C/C)C(NC)OCC. The molecular weight excluding hydrogens is 198 g/mol. The summed E-state index contributed by atoms with van der Waals surface area (Å²) in [6.07, 6.45) is 12.2. The molecule has 0 spiro atoms. The Balaban J connectivity index is 4.24. The topological polar surface area (TPSA) is 21.3 Å². The lowest BCUT2D eigenvalue weighted by molar-refractivity contribution is -0.000475. The number of rotatable bonds is 9. The van der Waals surface area contributed by atoms with Crippen LogP contribution in [0.2, 0.25) is 0 Å². The van der Waals surface area contributed by atoms with Crippen LogP contribution < -0.4 is 5.32 Å². The van der Waals surface area contributed by atoms with E-state index in [4.69, 9.17) is 4.74 Å². The molecule has 0 rings (SSSR count). The number of hydrogen-bond donors (Lipinski definition) is 1. The number of allylic oxidation sites excluding steroid dienone is 4. The highest BCUT2D eigenvalue weighted by Crippen LogP contribution is 2.18. The lowest BCUT2D eigenvalue weighted by atomic mass is 9.97. The third kappa shape index (κ3) is 6.81. The van der Waals surface area contributed by atoms with E-state index in [1.54, 1.807) is 0 Å². The number of ether oxygens (including phenoxy) is 1. The van der Waals surface area contributed by atoms with Crippen LogP contribution in [0.4, 0.5) is 0 Å². The van der Waals surface area contributed by atoms with E-state index in [-0.39, 0.29) is 6.23 Å². The minimum Gasteiger partial charge on any atom is -0.363 e. The molecular formula is C14H27NO. The van der Waals surface area contributed by atoms with Crippen LogP contribution in [-0.2, 0) is 4.74 Å². The van der Waals surface area contributed by atoms with Crippen molar-refractivity contribution in [3.63, 3.8) is 0 Å². The molecule has 2 nitrogen and oxygen atoms in total. The summed E-state index contributed by atoms with van der Waals surface area (Å²) >= 11 is 0. The highest BCUT2D eigenvalue weighted by atomic mass is 16.5. The van der Waals surface area contributed by atoms with Crippen LogP contribution in [0.5, 0.6) is 0 Å². The van der Waals surface area contributed by atoms with E-state index in [1.807, 2.05) is 14.0 Å². The molecule has 0 heterocycles. The highest BCUT2D eigenvalue weighted by Gasteiger charge is 2.18. The van der Waals surface area contributed by atoms with Gasteiger partial charge in [0.1, 0.15) is 6.23 Å². The Morgan fingerprint density at radius 1 is 1.19 bits per heavy atom. The predicted octanol–water partition coefficient (Wildman–Crippen LogP) is 3.51. The van der Waals surface area contributed by atoms with Gasteiger partial charge in [0.2, 0.25) is 0 Å². The van der Waals surface area contributed by atoms with Gasteiger partial charge in [-0.05, 0) is 47.1 Å². The van der Waals surface area contributed by atoms with Crippen molar-refractivity contribution in [1.82, 2.24) is 5.32 Å². The third-order valence-electron chi connectivity index (χ3n) is 2.67. The molecule has 2 unspecified atom stereocenters. The first-order valence-electron chi connectivity index (χ1n) is 6.31. The first-order valence-corrected chi connectivity index (χ1v) is 6.31. The molecule has 0 aliphatic rings. The van der Waals surface area contributed by atoms with E-state index in [9.17, 15) is 0 Å². The molecule has 0 aliphatic heterocycles. The fourth-order valence-electron chi connectivity index (χ4n) is 1.82. The van der Waals surface area contributed by atoms with Crippen LogP contribution in [0.1, 0.15) is 40.0 Å². The van der Waals surface area contributed by atoms with Gasteiger partial charge < -0.3 is 4.74 Å². The summed E-state index contributed by atoms with van der Waals surface area (Å²) < 4.78 is 5.71. The maximum Gasteiger partial charge on any atom is 0.111 e. The van der Waals surface area contributed by atoms with Gasteiger partial charge in [-0.2, -0.15) is 0 Å². The van der Waals surface area contributed by atoms with Gasteiger partial charge in [-0.25, -0.2) is 0 Å².